The molecule has 0 aromatic heterocycles. The first-order valence-corrected chi connectivity index (χ1v) is 7.13. The molecule has 0 spiro atoms. The van der Waals surface area contributed by atoms with E-state index in [1.54, 1.807) is 12.1 Å². The number of aliphatic hydroxyl groups is 1. The lowest BCUT2D eigenvalue weighted by molar-refractivity contribution is 0.0640. The molecule has 0 bridgehead atoms. The topological polar surface area (TPSA) is 44.7 Å². The van der Waals surface area contributed by atoms with Crippen LogP contribution >= 0.6 is 15.9 Å². The Morgan fingerprint density at radius 1 is 1.42 bits per heavy atom. The zero-order valence-electron chi connectivity index (χ0n) is 10.6. The van der Waals surface area contributed by atoms with Gasteiger partial charge in [-0.1, -0.05) is 0 Å². The maximum absolute atomic E-state index is 13.3. The van der Waals surface area contributed by atoms with Gasteiger partial charge in [-0.15, -0.1) is 0 Å². The van der Waals surface area contributed by atoms with E-state index >= 15 is 0 Å². The van der Waals surface area contributed by atoms with E-state index in [-0.39, 0.29) is 12.4 Å². The monoisotopic (exact) mass is 332 g/mol. The lowest BCUT2D eigenvalue weighted by Gasteiger charge is -2.29. The van der Waals surface area contributed by atoms with Gasteiger partial charge in [0, 0.05) is 38.8 Å². The molecule has 1 saturated heterocycles. The Morgan fingerprint density at radius 3 is 2.84 bits per heavy atom. The fourth-order valence-corrected chi connectivity index (χ4v) is 2.25. The molecule has 1 unspecified atom stereocenters. The van der Waals surface area contributed by atoms with E-state index < -0.39 is 6.10 Å². The Morgan fingerprint density at radius 2 is 2.16 bits per heavy atom. The first-order valence-electron chi connectivity index (χ1n) is 6.34. The number of aliphatic hydroxyl groups excluding tert-OH is 1. The van der Waals surface area contributed by atoms with Crippen LogP contribution < -0.4 is 10.1 Å². The van der Waals surface area contributed by atoms with Crippen molar-refractivity contribution in [2.75, 3.05) is 39.3 Å². The van der Waals surface area contributed by atoms with Crippen LogP contribution in [0.4, 0.5) is 4.39 Å². The van der Waals surface area contributed by atoms with Gasteiger partial charge >= 0.3 is 0 Å². The molecule has 0 aliphatic carbocycles. The van der Waals surface area contributed by atoms with Gasteiger partial charge in [-0.2, -0.15) is 0 Å². The lowest BCUT2D eigenvalue weighted by Crippen LogP contribution is -2.47. The number of hydrogen-bond donors (Lipinski definition) is 2. The number of nitrogens with one attached hydrogen (secondary N) is 1. The summed E-state index contributed by atoms with van der Waals surface area (Å²) in [7, 11) is 0. The highest BCUT2D eigenvalue weighted by Crippen LogP contribution is 2.20. The van der Waals surface area contributed by atoms with Crippen LogP contribution in [0.2, 0.25) is 0 Å². The SMILES string of the molecule is OC(COc1ccc(Br)c(F)c1)CN1CCNCC1. The first kappa shape index (κ1) is 14.7. The fourth-order valence-electron chi connectivity index (χ4n) is 2.00. The second-order valence-electron chi connectivity index (χ2n) is 4.59. The highest BCUT2D eigenvalue weighted by Gasteiger charge is 2.14. The number of ether oxygens (including phenoxy) is 1. The molecule has 0 saturated carbocycles. The van der Waals surface area contributed by atoms with Gasteiger partial charge < -0.3 is 15.2 Å². The van der Waals surface area contributed by atoms with Crippen molar-refractivity contribution >= 4 is 15.9 Å². The molecule has 1 aliphatic heterocycles. The van der Waals surface area contributed by atoms with E-state index in [0.717, 1.165) is 26.2 Å². The molecule has 2 N–H and O–H groups in total. The van der Waals surface area contributed by atoms with Crippen LogP contribution in [0.25, 0.3) is 0 Å². The average molecular weight is 333 g/mol. The van der Waals surface area contributed by atoms with E-state index in [1.807, 2.05) is 0 Å². The number of nitrogens with zero attached hydrogens (tertiary/aromatic N) is 1. The third-order valence-corrected chi connectivity index (χ3v) is 3.66. The number of β-amino-alcohol motifs (C(OH)–C–C–N with tert-alkyl or cyclic N) is 1. The molecule has 1 aliphatic rings. The van der Waals surface area contributed by atoms with Gasteiger partial charge in [0.05, 0.1) is 4.47 Å². The van der Waals surface area contributed by atoms with E-state index in [4.69, 9.17) is 4.74 Å². The second kappa shape index (κ2) is 7.19. The van der Waals surface area contributed by atoms with Crippen molar-refractivity contribution < 1.29 is 14.2 Å². The normalized spacial score (nSPS) is 18.3. The Labute approximate surface area is 120 Å². The van der Waals surface area contributed by atoms with E-state index in [0.29, 0.717) is 16.8 Å². The molecule has 19 heavy (non-hydrogen) atoms. The van der Waals surface area contributed by atoms with Crippen LogP contribution in [0.5, 0.6) is 5.75 Å². The Hall–Kier alpha value is -0.690. The second-order valence-corrected chi connectivity index (χ2v) is 5.45. The predicted octanol–water partition coefficient (Wildman–Crippen LogP) is 1.23. The van der Waals surface area contributed by atoms with Crippen molar-refractivity contribution in [1.82, 2.24) is 10.2 Å². The van der Waals surface area contributed by atoms with Gasteiger partial charge in [-0.3, -0.25) is 4.90 Å². The lowest BCUT2D eigenvalue weighted by atomic mass is 10.3. The van der Waals surface area contributed by atoms with E-state index in [2.05, 4.69) is 26.1 Å². The van der Waals surface area contributed by atoms with Gasteiger partial charge in [-0.25, -0.2) is 4.39 Å². The summed E-state index contributed by atoms with van der Waals surface area (Å²) < 4.78 is 19.1. The molecule has 1 fully saturated rings. The Balaban J connectivity index is 1.75. The smallest absolute Gasteiger partial charge is 0.141 e. The van der Waals surface area contributed by atoms with Crippen molar-refractivity contribution in [3.63, 3.8) is 0 Å². The van der Waals surface area contributed by atoms with E-state index in [1.165, 1.54) is 6.07 Å². The molecule has 1 heterocycles. The number of benzene rings is 1. The van der Waals surface area contributed by atoms with Crippen molar-refractivity contribution in [1.29, 1.82) is 0 Å². The highest BCUT2D eigenvalue weighted by molar-refractivity contribution is 9.10. The molecule has 1 atom stereocenters. The van der Waals surface area contributed by atoms with Gasteiger partial charge in [0.25, 0.3) is 0 Å². The number of piperazine rings is 1. The summed E-state index contributed by atoms with van der Waals surface area (Å²) in [5.74, 6) is 0.0640. The maximum Gasteiger partial charge on any atom is 0.141 e. The molecule has 6 heteroatoms. The summed E-state index contributed by atoms with van der Waals surface area (Å²) in [6, 6.07) is 4.57. The largest absolute Gasteiger partial charge is 0.491 e. The quantitative estimate of drug-likeness (QED) is 0.851. The summed E-state index contributed by atoms with van der Waals surface area (Å²) in [6.07, 6.45) is -0.565. The molecular weight excluding hydrogens is 315 g/mol. The standard InChI is InChI=1S/C13H18BrFN2O2/c14-12-2-1-11(7-13(12)15)19-9-10(18)8-17-5-3-16-4-6-17/h1-2,7,10,16,18H,3-6,8-9H2. The molecule has 0 radical (unpaired) electrons. The molecule has 1 aromatic rings. The average Bonchev–Trinajstić information content (AvgIpc) is 2.41. The molecule has 1 aromatic carbocycles. The summed E-state index contributed by atoms with van der Waals surface area (Å²) in [5, 5.41) is 13.2. The molecule has 106 valence electrons. The van der Waals surface area contributed by atoms with Crippen LogP contribution in [0.15, 0.2) is 22.7 Å². The third kappa shape index (κ3) is 4.72. The fraction of sp³-hybridized carbons (Fsp3) is 0.538. The van der Waals surface area contributed by atoms with Gasteiger partial charge in [0.15, 0.2) is 0 Å². The third-order valence-electron chi connectivity index (χ3n) is 3.01. The van der Waals surface area contributed by atoms with Crippen LogP contribution in [0.1, 0.15) is 0 Å². The van der Waals surface area contributed by atoms with Gasteiger partial charge in [0.1, 0.15) is 24.3 Å². The Bertz CT molecular complexity index is 414. The minimum absolute atomic E-state index is 0.172. The minimum Gasteiger partial charge on any atom is -0.491 e. The predicted molar refractivity (Wildman–Crippen MR) is 74.9 cm³/mol. The van der Waals surface area contributed by atoms with Crippen molar-refractivity contribution in [2.45, 2.75) is 6.10 Å². The summed E-state index contributed by atoms with van der Waals surface area (Å²) in [5.41, 5.74) is 0. The van der Waals surface area contributed by atoms with Gasteiger partial charge in [-0.05, 0) is 28.1 Å². The van der Waals surface area contributed by atoms with E-state index in [9.17, 15) is 9.50 Å². The Kier molecular flexibility index (Phi) is 5.57. The maximum atomic E-state index is 13.3. The zero-order chi connectivity index (χ0) is 13.7. The summed E-state index contributed by atoms with van der Waals surface area (Å²) >= 11 is 3.08. The molecular formula is C13H18BrFN2O2. The number of rotatable bonds is 5. The number of hydrogen-bond acceptors (Lipinski definition) is 4. The minimum atomic E-state index is -0.565. The van der Waals surface area contributed by atoms with Gasteiger partial charge in [0.2, 0.25) is 0 Å². The highest BCUT2D eigenvalue weighted by atomic mass is 79.9. The zero-order valence-corrected chi connectivity index (χ0v) is 12.2. The van der Waals surface area contributed by atoms with Crippen molar-refractivity contribution in [3.05, 3.63) is 28.5 Å². The molecule has 2 rings (SSSR count). The first-order chi connectivity index (χ1) is 9.15. The molecule has 4 nitrogen and oxygen atoms in total. The van der Waals surface area contributed by atoms with Crippen molar-refractivity contribution in [2.24, 2.45) is 0 Å². The van der Waals surface area contributed by atoms with Crippen molar-refractivity contribution in [3.8, 4) is 5.75 Å². The van der Waals surface area contributed by atoms with Crippen LogP contribution in [0.3, 0.4) is 0 Å². The summed E-state index contributed by atoms with van der Waals surface area (Å²) in [6.45, 7) is 4.52. The van der Waals surface area contributed by atoms with Crippen LogP contribution in [-0.2, 0) is 0 Å². The summed E-state index contributed by atoms with van der Waals surface area (Å²) in [4.78, 5) is 2.19. The molecule has 0 amide bonds. The van der Waals surface area contributed by atoms with Crippen LogP contribution in [-0.4, -0.2) is 55.4 Å². The number of halogens is 2. The van der Waals surface area contributed by atoms with Crippen LogP contribution in [0, 0.1) is 5.82 Å².